The largest absolute Gasteiger partial charge is 0.493 e. The van der Waals surface area contributed by atoms with Crippen molar-refractivity contribution in [2.45, 2.75) is 52.9 Å². The highest BCUT2D eigenvalue weighted by atomic mass is 35.5. The summed E-state index contributed by atoms with van der Waals surface area (Å²) in [6.45, 7) is 7.56. The van der Waals surface area contributed by atoms with Gasteiger partial charge in [0, 0.05) is 53.7 Å². The minimum Gasteiger partial charge on any atom is -0.493 e. The summed E-state index contributed by atoms with van der Waals surface area (Å²) in [6, 6.07) is 10.5. The number of ether oxygens (including phenoxy) is 4. The van der Waals surface area contributed by atoms with E-state index in [4.69, 9.17) is 30.5 Å². The maximum absolute atomic E-state index is 14.5. The smallest absolute Gasteiger partial charge is 0.339 e. The Kier molecular flexibility index (Phi) is 9.66. The van der Waals surface area contributed by atoms with Gasteiger partial charge in [0.2, 0.25) is 0 Å². The van der Waals surface area contributed by atoms with Crippen LogP contribution in [0.4, 0.5) is 5.69 Å². The molecule has 12 heteroatoms. The van der Waals surface area contributed by atoms with Crippen molar-refractivity contribution >= 4 is 35.1 Å². The number of carbonyl (C=O) groups is 3. The number of carbonyl (C=O) groups excluding carboxylic acids is 2. The second-order valence-electron chi connectivity index (χ2n) is 11.0. The molecule has 0 bridgehead atoms. The third kappa shape index (κ3) is 6.78. The summed E-state index contributed by atoms with van der Waals surface area (Å²) in [6.07, 6.45) is -0.795. The number of esters is 1. The zero-order valence-electron chi connectivity index (χ0n) is 25.0. The molecule has 0 spiro atoms. The number of benzene rings is 2. The summed E-state index contributed by atoms with van der Waals surface area (Å²) in [5.41, 5.74) is 1.42. The molecule has 0 radical (unpaired) electrons. The summed E-state index contributed by atoms with van der Waals surface area (Å²) in [7, 11) is 3.04. The number of para-hydroxylation sites is 1. The molecule has 0 unspecified atom stereocenters. The van der Waals surface area contributed by atoms with Crippen LogP contribution in [0.1, 0.15) is 61.0 Å². The minimum absolute atomic E-state index is 0.0136. The van der Waals surface area contributed by atoms with E-state index in [9.17, 15) is 19.5 Å². The van der Waals surface area contributed by atoms with Gasteiger partial charge in [0.25, 0.3) is 5.91 Å². The number of halogens is 1. The van der Waals surface area contributed by atoms with Crippen LogP contribution in [0.3, 0.4) is 0 Å². The predicted molar refractivity (Wildman–Crippen MR) is 159 cm³/mol. The Morgan fingerprint density at radius 3 is 2.51 bits per heavy atom. The lowest BCUT2D eigenvalue weighted by molar-refractivity contribution is -0.143. The lowest BCUT2D eigenvalue weighted by Crippen LogP contribution is -2.46. The molecule has 1 N–H and O–H groups in total. The van der Waals surface area contributed by atoms with Gasteiger partial charge in [-0.25, -0.2) is 4.79 Å². The number of aryl methyl sites for hydroxylation is 1. The average Bonchev–Trinajstić information content (AvgIpc) is 3.35. The van der Waals surface area contributed by atoms with Crippen LogP contribution in [0.5, 0.6) is 11.5 Å². The van der Waals surface area contributed by atoms with Crippen molar-refractivity contribution in [1.29, 1.82) is 0 Å². The first kappa shape index (κ1) is 31.8. The molecule has 1 aliphatic heterocycles. The van der Waals surface area contributed by atoms with Crippen LogP contribution < -0.4 is 14.4 Å². The highest BCUT2D eigenvalue weighted by molar-refractivity contribution is 6.30. The number of hydrogen-bond donors (Lipinski definition) is 1. The lowest BCUT2D eigenvalue weighted by atomic mass is 9.92. The van der Waals surface area contributed by atoms with E-state index in [0.29, 0.717) is 45.6 Å². The Hall–Kier alpha value is -4.09. The van der Waals surface area contributed by atoms with Crippen molar-refractivity contribution in [2.24, 2.45) is 5.41 Å². The summed E-state index contributed by atoms with van der Waals surface area (Å²) < 4.78 is 24.8. The molecule has 2 aromatic carbocycles. The minimum atomic E-state index is -1.16. The zero-order valence-corrected chi connectivity index (χ0v) is 25.8. The van der Waals surface area contributed by atoms with E-state index < -0.39 is 35.5 Å². The fourth-order valence-electron chi connectivity index (χ4n) is 5.25. The van der Waals surface area contributed by atoms with E-state index in [-0.39, 0.29) is 25.1 Å². The Balaban J connectivity index is 1.92. The van der Waals surface area contributed by atoms with Gasteiger partial charge >= 0.3 is 11.9 Å². The lowest BCUT2D eigenvalue weighted by Gasteiger charge is -2.33. The Labute approximate surface area is 255 Å². The van der Waals surface area contributed by atoms with Crippen molar-refractivity contribution in [3.8, 4) is 11.5 Å². The Morgan fingerprint density at radius 2 is 1.88 bits per heavy atom. The number of anilines is 1. The number of fused-ring (bicyclic) bond motifs is 1. The summed E-state index contributed by atoms with van der Waals surface area (Å²) in [4.78, 5) is 39.8. The van der Waals surface area contributed by atoms with Gasteiger partial charge in [0.1, 0.15) is 17.8 Å². The number of rotatable bonds is 11. The third-order valence-corrected chi connectivity index (χ3v) is 7.47. The molecule has 1 amide bonds. The first-order chi connectivity index (χ1) is 20.4. The third-order valence-electron chi connectivity index (χ3n) is 7.23. The molecule has 3 aromatic rings. The molecule has 0 fully saturated rings. The first-order valence-corrected chi connectivity index (χ1v) is 14.2. The molecule has 11 nitrogen and oxygen atoms in total. The van der Waals surface area contributed by atoms with Crippen LogP contribution in [0.25, 0.3) is 0 Å². The highest BCUT2D eigenvalue weighted by Gasteiger charge is 2.41. The van der Waals surface area contributed by atoms with E-state index in [2.05, 4.69) is 5.10 Å². The highest BCUT2D eigenvalue weighted by Crippen LogP contribution is 2.45. The van der Waals surface area contributed by atoms with Crippen LogP contribution in [-0.2, 0) is 32.0 Å². The summed E-state index contributed by atoms with van der Waals surface area (Å²) >= 11 is 6.51. The number of methoxy groups -OCH3 is 2. The Bertz CT molecular complexity index is 1520. The molecular weight excluding hydrogens is 578 g/mol. The van der Waals surface area contributed by atoms with Crippen LogP contribution in [0.2, 0.25) is 5.02 Å². The molecule has 2 atom stereocenters. The number of aromatic carboxylic acids is 1. The molecule has 1 aliphatic rings. The van der Waals surface area contributed by atoms with Gasteiger partial charge in [-0.3, -0.25) is 14.3 Å². The first-order valence-electron chi connectivity index (χ1n) is 13.8. The van der Waals surface area contributed by atoms with E-state index >= 15 is 0 Å². The monoisotopic (exact) mass is 613 g/mol. The van der Waals surface area contributed by atoms with Crippen LogP contribution in [0, 0.1) is 5.41 Å². The van der Waals surface area contributed by atoms with Crippen LogP contribution >= 0.6 is 11.6 Å². The number of hydrogen-bond acceptors (Lipinski definition) is 8. The maximum atomic E-state index is 14.5. The quantitative estimate of drug-likeness (QED) is 0.299. The number of aromatic nitrogens is 2. The van der Waals surface area contributed by atoms with E-state index in [1.54, 1.807) is 39.9 Å². The van der Waals surface area contributed by atoms with Crippen molar-refractivity contribution in [1.82, 2.24) is 9.78 Å². The SMILES string of the molecule is CCn1ncc(C(=O)O)c1C[C@H]1O[C@H](c2cccc(OC)c2OC)c2cc(Cl)ccc2N(CC(C)(C)COC(C)=O)C1=O. The molecule has 0 saturated carbocycles. The van der Waals surface area contributed by atoms with Crippen LogP contribution in [-0.4, -0.2) is 66.2 Å². The Morgan fingerprint density at radius 1 is 1.14 bits per heavy atom. The molecule has 2 heterocycles. The van der Waals surface area contributed by atoms with Crippen molar-refractivity contribution in [2.75, 3.05) is 32.3 Å². The fraction of sp³-hybridized carbons (Fsp3) is 0.419. The molecule has 0 aliphatic carbocycles. The average molecular weight is 614 g/mol. The van der Waals surface area contributed by atoms with E-state index in [0.717, 1.165) is 0 Å². The second kappa shape index (κ2) is 13.0. The maximum Gasteiger partial charge on any atom is 0.339 e. The van der Waals surface area contributed by atoms with Gasteiger partial charge < -0.3 is 29.0 Å². The van der Waals surface area contributed by atoms with Gasteiger partial charge in [-0.15, -0.1) is 0 Å². The molecule has 230 valence electrons. The fourth-order valence-corrected chi connectivity index (χ4v) is 5.43. The second-order valence-corrected chi connectivity index (χ2v) is 11.4. The number of carboxylic acids is 1. The molecule has 43 heavy (non-hydrogen) atoms. The summed E-state index contributed by atoms with van der Waals surface area (Å²) in [5, 5.41) is 14.5. The summed E-state index contributed by atoms with van der Waals surface area (Å²) in [5.74, 6) is -1.10. The van der Waals surface area contributed by atoms with E-state index in [1.165, 1.54) is 27.3 Å². The van der Waals surface area contributed by atoms with Crippen molar-refractivity contribution in [3.63, 3.8) is 0 Å². The van der Waals surface area contributed by atoms with Crippen LogP contribution in [0.15, 0.2) is 42.6 Å². The standard InChI is InChI=1S/C31H36ClN3O8/c1-7-35-24(22(15-33-35)30(38)39)14-26-29(37)34(16-31(3,4)17-42-18(2)36)23-12-11-19(32)13-21(23)27(43-26)20-9-8-10-25(40-5)28(20)41-6/h8-13,15,26-27H,7,14,16-17H2,1-6H3,(H,38,39)/t26-,27-/m1/s1. The van der Waals surface area contributed by atoms with Crippen molar-refractivity contribution < 1.29 is 38.4 Å². The molecule has 1 aromatic heterocycles. The molecule has 0 saturated heterocycles. The van der Waals surface area contributed by atoms with Gasteiger partial charge in [-0.05, 0) is 31.2 Å². The van der Waals surface area contributed by atoms with Crippen molar-refractivity contribution in [3.05, 3.63) is 70.0 Å². The van der Waals surface area contributed by atoms with Gasteiger partial charge in [-0.1, -0.05) is 37.6 Å². The molecule has 4 rings (SSSR count). The number of carboxylic acid groups (broad SMARTS) is 1. The zero-order chi connectivity index (χ0) is 31.5. The topological polar surface area (TPSA) is 129 Å². The normalized spacial score (nSPS) is 16.8. The van der Waals surface area contributed by atoms with Gasteiger partial charge in [0.15, 0.2) is 11.5 Å². The van der Waals surface area contributed by atoms with E-state index in [1.807, 2.05) is 26.8 Å². The number of amides is 1. The predicted octanol–water partition coefficient (Wildman–Crippen LogP) is 4.93. The van der Waals surface area contributed by atoms with Gasteiger partial charge in [0.05, 0.1) is 32.7 Å². The van der Waals surface area contributed by atoms with Gasteiger partial charge in [-0.2, -0.15) is 5.10 Å². The number of nitrogens with zero attached hydrogens (tertiary/aromatic N) is 3. The molecular formula is C31H36ClN3O8.